The third-order valence-electron chi connectivity index (χ3n) is 3.86. The molecule has 1 fully saturated rings. The summed E-state index contributed by atoms with van der Waals surface area (Å²) in [6, 6.07) is 9.55. The van der Waals surface area contributed by atoms with Crippen LogP contribution < -0.4 is 10.6 Å². The van der Waals surface area contributed by atoms with Crippen molar-refractivity contribution in [3.05, 3.63) is 41.6 Å². The first kappa shape index (κ1) is 17.5. The predicted octanol–water partition coefficient (Wildman–Crippen LogP) is 1.94. The Labute approximate surface area is 142 Å². The Kier molecular flexibility index (Phi) is 6.38. The van der Waals surface area contributed by atoms with Crippen LogP contribution in [0.3, 0.4) is 0 Å². The fraction of sp³-hybridized carbons (Fsp3) is 0.389. The number of benzene rings is 1. The average molecular weight is 326 g/mol. The van der Waals surface area contributed by atoms with Gasteiger partial charge in [-0.2, -0.15) is 5.26 Å². The van der Waals surface area contributed by atoms with Crippen molar-refractivity contribution in [2.45, 2.75) is 26.2 Å². The van der Waals surface area contributed by atoms with Crippen LogP contribution in [0.25, 0.3) is 0 Å². The fourth-order valence-electron chi connectivity index (χ4n) is 2.46. The van der Waals surface area contributed by atoms with Gasteiger partial charge in [0.2, 0.25) is 5.91 Å². The number of rotatable bonds is 7. The van der Waals surface area contributed by atoms with Crippen molar-refractivity contribution in [1.29, 1.82) is 5.26 Å². The quantitative estimate of drug-likeness (QED) is 0.455. The molecule has 0 saturated carbocycles. The second-order valence-corrected chi connectivity index (χ2v) is 5.77. The molecule has 2 amide bonds. The van der Waals surface area contributed by atoms with Gasteiger partial charge in [-0.05, 0) is 31.9 Å². The van der Waals surface area contributed by atoms with E-state index in [0.717, 1.165) is 24.2 Å². The van der Waals surface area contributed by atoms with Crippen molar-refractivity contribution in [2.24, 2.45) is 0 Å². The molecule has 2 rings (SSSR count). The van der Waals surface area contributed by atoms with Crippen molar-refractivity contribution in [1.82, 2.24) is 10.2 Å². The Balaban J connectivity index is 1.76. The number of nitrogens with one attached hydrogen (secondary N) is 2. The molecule has 0 atom stereocenters. The van der Waals surface area contributed by atoms with Gasteiger partial charge in [0, 0.05) is 37.9 Å². The minimum absolute atomic E-state index is 0.0211. The highest BCUT2D eigenvalue weighted by atomic mass is 16.2. The second kappa shape index (κ2) is 8.73. The van der Waals surface area contributed by atoms with Crippen LogP contribution in [0, 0.1) is 18.3 Å². The molecule has 0 bridgehead atoms. The first-order chi connectivity index (χ1) is 11.6. The Morgan fingerprint density at radius 3 is 2.75 bits per heavy atom. The van der Waals surface area contributed by atoms with E-state index in [1.165, 1.54) is 6.20 Å². The van der Waals surface area contributed by atoms with Crippen LogP contribution in [0.2, 0.25) is 0 Å². The Morgan fingerprint density at radius 2 is 2.12 bits per heavy atom. The summed E-state index contributed by atoms with van der Waals surface area (Å²) in [5, 5.41) is 14.8. The smallest absolute Gasteiger partial charge is 0.263 e. The van der Waals surface area contributed by atoms with E-state index >= 15 is 0 Å². The molecule has 1 aromatic rings. The zero-order valence-corrected chi connectivity index (χ0v) is 13.8. The largest absolute Gasteiger partial charge is 0.360 e. The van der Waals surface area contributed by atoms with Crippen LogP contribution in [0.5, 0.6) is 0 Å². The Bertz CT molecular complexity index is 659. The number of aryl methyl sites for hydroxylation is 1. The molecule has 0 aromatic heterocycles. The number of hydrogen-bond acceptors (Lipinski definition) is 4. The summed E-state index contributed by atoms with van der Waals surface area (Å²) in [7, 11) is 0. The van der Waals surface area contributed by atoms with Crippen molar-refractivity contribution >= 4 is 17.5 Å². The monoisotopic (exact) mass is 326 g/mol. The van der Waals surface area contributed by atoms with Gasteiger partial charge >= 0.3 is 0 Å². The lowest BCUT2D eigenvalue weighted by molar-refractivity contribution is -0.127. The van der Waals surface area contributed by atoms with Crippen LogP contribution >= 0.6 is 0 Å². The van der Waals surface area contributed by atoms with E-state index in [1.807, 2.05) is 42.2 Å². The minimum Gasteiger partial charge on any atom is -0.360 e. The lowest BCUT2D eigenvalue weighted by atomic mass is 10.2. The molecular formula is C18H22N4O2. The molecule has 24 heavy (non-hydrogen) atoms. The highest BCUT2D eigenvalue weighted by molar-refractivity contribution is 5.97. The van der Waals surface area contributed by atoms with E-state index in [4.69, 9.17) is 5.26 Å². The number of nitrogens with zero attached hydrogens (tertiary/aromatic N) is 2. The van der Waals surface area contributed by atoms with Gasteiger partial charge in [0.15, 0.2) is 0 Å². The van der Waals surface area contributed by atoms with Gasteiger partial charge in [-0.3, -0.25) is 9.59 Å². The second-order valence-electron chi connectivity index (χ2n) is 5.77. The normalized spacial score (nSPS) is 14.4. The molecule has 1 aliphatic heterocycles. The number of hydrogen-bond donors (Lipinski definition) is 2. The third-order valence-corrected chi connectivity index (χ3v) is 3.86. The molecule has 0 aliphatic carbocycles. The molecular weight excluding hydrogens is 304 g/mol. The molecule has 0 radical (unpaired) electrons. The highest BCUT2D eigenvalue weighted by Gasteiger charge is 2.19. The van der Waals surface area contributed by atoms with Gasteiger partial charge in [-0.15, -0.1) is 0 Å². The van der Waals surface area contributed by atoms with E-state index in [9.17, 15) is 9.59 Å². The molecule has 1 heterocycles. The SMILES string of the molecule is Cc1ccc(N/C=C(/C#N)C(=O)NCCCN2CCCC2=O)cc1. The first-order valence-corrected chi connectivity index (χ1v) is 8.09. The van der Waals surface area contributed by atoms with Crippen molar-refractivity contribution in [3.63, 3.8) is 0 Å². The predicted molar refractivity (Wildman–Crippen MR) is 91.9 cm³/mol. The molecule has 1 saturated heterocycles. The van der Waals surface area contributed by atoms with Crippen LogP contribution in [0.15, 0.2) is 36.0 Å². The molecule has 1 aliphatic rings. The summed E-state index contributed by atoms with van der Waals surface area (Å²) in [5.41, 5.74) is 1.97. The standard InChI is InChI=1S/C18H22N4O2/c1-14-5-7-16(8-6-14)21-13-15(12-19)18(24)20-9-3-11-22-10-2-4-17(22)23/h5-8,13,21H,2-4,9-11H2,1H3,(H,20,24)/b15-13-. The van der Waals surface area contributed by atoms with Gasteiger partial charge in [0.25, 0.3) is 5.91 Å². The van der Waals surface area contributed by atoms with Gasteiger partial charge in [0.05, 0.1) is 0 Å². The van der Waals surface area contributed by atoms with Crippen molar-refractivity contribution < 1.29 is 9.59 Å². The first-order valence-electron chi connectivity index (χ1n) is 8.09. The summed E-state index contributed by atoms with van der Waals surface area (Å²) < 4.78 is 0. The lowest BCUT2D eigenvalue weighted by Crippen LogP contribution is -2.31. The third kappa shape index (κ3) is 5.13. The Morgan fingerprint density at radius 1 is 1.38 bits per heavy atom. The summed E-state index contributed by atoms with van der Waals surface area (Å²) in [6.07, 6.45) is 3.63. The number of nitriles is 1. The van der Waals surface area contributed by atoms with E-state index < -0.39 is 5.91 Å². The molecule has 2 N–H and O–H groups in total. The zero-order valence-electron chi connectivity index (χ0n) is 13.8. The topological polar surface area (TPSA) is 85.2 Å². The van der Waals surface area contributed by atoms with E-state index in [-0.39, 0.29) is 11.5 Å². The number of carbonyl (C=O) groups excluding carboxylic acids is 2. The Hall–Kier alpha value is -2.81. The van der Waals surface area contributed by atoms with Crippen molar-refractivity contribution in [2.75, 3.05) is 25.0 Å². The average Bonchev–Trinajstić information content (AvgIpc) is 2.99. The molecule has 0 unspecified atom stereocenters. The van der Waals surface area contributed by atoms with E-state index in [0.29, 0.717) is 25.9 Å². The molecule has 0 spiro atoms. The summed E-state index contributed by atoms with van der Waals surface area (Å²) in [5.74, 6) is -0.230. The van der Waals surface area contributed by atoms with Gasteiger partial charge in [-0.1, -0.05) is 17.7 Å². The summed E-state index contributed by atoms with van der Waals surface area (Å²) >= 11 is 0. The van der Waals surface area contributed by atoms with Gasteiger partial charge in [-0.25, -0.2) is 0 Å². The number of anilines is 1. The molecule has 6 heteroatoms. The van der Waals surface area contributed by atoms with E-state index in [2.05, 4.69) is 10.6 Å². The maximum Gasteiger partial charge on any atom is 0.263 e. The van der Waals surface area contributed by atoms with Crippen LogP contribution in [0.4, 0.5) is 5.69 Å². The lowest BCUT2D eigenvalue weighted by Gasteiger charge is -2.15. The maximum atomic E-state index is 12.0. The van der Waals surface area contributed by atoms with Crippen LogP contribution in [0.1, 0.15) is 24.8 Å². The minimum atomic E-state index is -0.412. The fourth-order valence-corrected chi connectivity index (χ4v) is 2.46. The van der Waals surface area contributed by atoms with E-state index in [1.54, 1.807) is 0 Å². The number of amides is 2. The molecule has 1 aromatic carbocycles. The van der Waals surface area contributed by atoms with Gasteiger partial charge in [0.1, 0.15) is 11.6 Å². The summed E-state index contributed by atoms with van der Waals surface area (Å²) in [4.78, 5) is 25.3. The number of carbonyl (C=O) groups is 2. The maximum absolute atomic E-state index is 12.0. The summed E-state index contributed by atoms with van der Waals surface area (Å²) in [6.45, 7) is 3.87. The number of likely N-dealkylation sites (tertiary alicyclic amines) is 1. The zero-order chi connectivity index (χ0) is 17.4. The van der Waals surface area contributed by atoms with Crippen molar-refractivity contribution in [3.8, 4) is 6.07 Å². The molecule has 126 valence electrons. The highest BCUT2D eigenvalue weighted by Crippen LogP contribution is 2.10. The molecule has 6 nitrogen and oxygen atoms in total. The van der Waals surface area contributed by atoms with Crippen LogP contribution in [-0.2, 0) is 9.59 Å². The van der Waals surface area contributed by atoms with Crippen LogP contribution in [-0.4, -0.2) is 36.3 Å². The van der Waals surface area contributed by atoms with Gasteiger partial charge < -0.3 is 15.5 Å².